The van der Waals surface area contributed by atoms with Crippen molar-refractivity contribution in [3.05, 3.63) is 58.7 Å². The summed E-state index contributed by atoms with van der Waals surface area (Å²) in [5.74, 6) is -0.410. The van der Waals surface area contributed by atoms with Crippen LogP contribution < -0.4 is 10.2 Å². The Balaban J connectivity index is 1.74. The van der Waals surface area contributed by atoms with E-state index in [1.165, 1.54) is 0 Å². The Bertz CT molecular complexity index is 822. The third-order valence-electron chi connectivity index (χ3n) is 4.63. The molecule has 4 heteroatoms. The van der Waals surface area contributed by atoms with E-state index in [2.05, 4.69) is 17.4 Å². The highest BCUT2D eigenvalue weighted by Crippen LogP contribution is 2.29. The first-order chi connectivity index (χ1) is 11.8. The molecule has 2 amide bonds. The lowest BCUT2D eigenvalue weighted by atomic mass is 10.1. The molecule has 1 aliphatic rings. The molecule has 0 aliphatic carbocycles. The molecule has 2 aromatic rings. The molecule has 130 valence electrons. The summed E-state index contributed by atoms with van der Waals surface area (Å²) in [6.45, 7) is 8.47. The zero-order chi connectivity index (χ0) is 18.1. The van der Waals surface area contributed by atoms with Gasteiger partial charge in [-0.3, -0.25) is 9.59 Å². The van der Waals surface area contributed by atoms with Crippen LogP contribution >= 0.6 is 0 Å². The first kappa shape index (κ1) is 17.2. The normalized spacial score (nSPS) is 17.0. The van der Waals surface area contributed by atoms with Crippen molar-refractivity contribution in [2.75, 3.05) is 16.8 Å². The molecule has 25 heavy (non-hydrogen) atoms. The molecule has 2 aromatic carbocycles. The van der Waals surface area contributed by atoms with Crippen molar-refractivity contribution in [2.45, 2.75) is 34.1 Å². The minimum Gasteiger partial charge on any atom is -0.326 e. The molecule has 0 radical (unpaired) electrons. The predicted molar refractivity (Wildman–Crippen MR) is 101 cm³/mol. The number of carbonyl (C=O) groups is 2. The van der Waals surface area contributed by atoms with Gasteiger partial charge in [0.2, 0.25) is 11.8 Å². The lowest BCUT2D eigenvalue weighted by molar-refractivity contribution is -0.122. The van der Waals surface area contributed by atoms with E-state index >= 15 is 0 Å². The van der Waals surface area contributed by atoms with Gasteiger partial charge in [0, 0.05) is 24.3 Å². The second kappa shape index (κ2) is 6.71. The zero-order valence-electron chi connectivity index (χ0n) is 15.2. The van der Waals surface area contributed by atoms with Gasteiger partial charge in [0.1, 0.15) is 0 Å². The standard InChI is InChI=1S/C21H24N2O2/c1-13-5-6-19(16(4)8-13)23-12-17(11-20(23)24)21(25)22-18-9-14(2)7-15(3)10-18/h5-10,17H,11-12H2,1-4H3,(H,22,25)/t17-/m0/s1. The van der Waals surface area contributed by atoms with E-state index in [0.29, 0.717) is 6.54 Å². The Morgan fingerprint density at radius 2 is 1.68 bits per heavy atom. The van der Waals surface area contributed by atoms with Crippen LogP contribution in [0.5, 0.6) is 0 Å². The molecule has 0 bridgehead atoms. The third kappa shape index (κ3) is 3.73. The van der Waals surface area contributed by atoms with Gasteiger partial charge < -0.3 is 10.2 Å². The molecule has 0 saturated carbocycles. The molecule has 1 atom stereocenters. The molecular formula is C21H24N2O2. The third-order valence-corrected chi connectivity index (χ3v) is 4.63. The summed E-state index contributed by atoms with van der Waals surface area (Å²) in [4.78, 5) is 26.8. The van der Waals surface area contributed by atoms with Gasteiger partial charge in [0.05, 0.1) is 5.92 Å². The number of carbonyl (C=O) groups excluding carboxylic acids is 2. The molecule has 4 nitrogen and oxygen atoms in total. The number of benzene rings is 2. The van der Waals surface area contributed by atoms with Crippen molar-refractivity contribution in [3.8, 4) is 0 Å². The number of hydrogen-bond acceptors (Lipinski definition) is 2. The summed E-state index contributed by atoms with van der Waals surface area (Å²) in [5.41, 5.74) is 6.13. The summed E-state index contributed by atoms with van der Waals surface area (Å²) in [6.07, 6.45) is 0.254. The summed E-state index contributed by atoms with van der Waals surface area (Å²) >= 11 is 0. The Labute approximate surface area is 148 Å². The molecule has 1 fully saturated rings. The minimum atomic E-state index is -0.325. The van der Waals surface area contributed by atoms with Crippen molar-refractivity contribution < 1.29 is 9.59 Å². The predicted octanol–water partition coefficient (Wildman–Crippen LogP) is 3.91. The zero-order valence-corrected chi connectivity index (χ0v) is 15.2. The van der Waals surface area contributed by atoms with E-state index in [1.807, 2.05) is 52.0 Å². The fraction of sp³-hybridized carbons (Fsp3) is 0.333. The molecule has 0 unspecified atom stereocenters. The van der Waals surface area contributed by atoms with Gasteiger partial charge in [-0.1, -0.05) is 23.8 Å². The number of nitrogens with zero attached hydrogens (tertiary/aromatic N) is 1. The van der Waals surface area contributed by atoms with E-state index in [1.54, 1.807) is 4.90 Å². The van der Waals surface area contributed by atoms with Crippen LogP contribution in [-0.2, 0) is 9.59 Å². The largest absolute Gasteiger partial charge is 0.326 e. The van der Waals surface area contributed by atoms with Crippen molar-refractivity contribution in [3.63, 3.8) is 0 Å². The van der Waals surface area contributed by atoms with Gasteiger partial charge in [-0.15, -0.1) is 0 Å². The van der Waals surface area contributed by atoms with Crippen LogP contribution in [0, 0.1) is 33.6 Å². The second-order valence-corrected chi connectivity index (χ2v) is 7.06. The van der Waals surface area contributed by atoms with Gasteiger partial charge in [0.15, 0.2) is 0 Å². The van der Waals surface area contributed by atoms with E-state index < -0.39 is 0 Å². The van der Waals surface area contributed by atoms with Crippen LogP contribution in [0.25, 0.3) is 0 Å². The van der Waals surface area contributed by atoms with Crippen LogP contribution in [0.2, 0.25) is 0 Å². The maximum atomic E-state index is 12.6. The molecular weight excluding hydrogens is 312 g/mol. The fourth-order valence-corrected chi connectivity index (χ4v) is 3.52. The van der Waals surface area contributed by atoms with Crippen LogP contribution in [-0.4, -0.2) is 18.4 Å². The molecule has 0 aromatic heterocycles. The van der Waals surface area contributed by atoms with E-state index in [9.17, 15) is 9.59 Å². The van der Waals surface area contributed by atoms with Gasteiger partial charge >= 0.3 is 0 Å². The van der Waals surface area contributed by atoms with Gasteiger partial charge in [-0.05, 0) is 62.6 Å². The molecule has 1 saturated heterocycles. The summed E-state index contributed by atoms with van der Waals surface area (Å²) in [6, 6.07) is 12.0. The number of anilines is 2. The Morgan fingerprint density at radius 3 is 2.32 bits per heavy atom. The number of nitrogens with one attached hydrogen (secondary N) is 1. The SMILES string of the molecule is Cc1cc(C)cc(NC(=O)[C@H]2CC(=O)N(c3ccc(C)cc3C)C2)c1. The van der Waals surface area contributed by atoms with Crippen LogP contribution in [0.4, 0.5) is 11.4 Å². The smallest absolute Gasteiger partial charge is 0.229 e. The highest BCUT2D eigenvalue weighted by molar-refractivity contribution is 6.03. The quantitative estimate of drug-likeness (QED) is 0.924. The summed E-state index contributed by atoms with van der Waals surface area (Å²) in [5, 5.41) is 2.96. The number of amides is 2. The number of aryl methyl sites for hydroxylation is 4. The first-order valence-electron chi connectivity index (χ1n) is 8.60. The topological polar surface area (TPSA) is 49.4 Å². The molecule has 3 rings (SSSR count). The lowest BCUT2D eigenvalue weighted by Crippen LogP contribution is -2.28. The molecule has 1 aliphatic heterocycles. The minimum absolute atomic E-state index is 0.00697. The van der Waals surface area contributed by atoms with Gasteiger partial charge in [-0.25, -0.2) is 0 Å². The fourth-order valence-electron chi connectivity index (χ4n) is 3.52. The second-order valence-electron chi connectivity index (χ2n) is 7.06. The van der Waals surface area contributed by atoms with Crippen LogP contribution in [0.3, 0.4) is 0 Å². The average Bonchev–Trinajstić information content (AvgIpc) is 2.88. The summed E-state index contributed by atoms with van der Waals surface area (Å²) in [7, 11) is 0. The highest BCUT2D eigenvalue weighted by Gasteiger charge is 2.35. The highest BCUT2D eigenvalue weighted by atomic mass is 16.2. The van der Waals surface area contributed by atoms with Gasteiger partial charge in [-0.2, -0.15) is 0 Å². The van der Waals surface area contributed by atoms with Crippen molar-refractivity contribution in [1.82, 2.24) is 0 Å². The maximum absolute atomic E-state index is 12.6. The molecule has 0 spiro atoms. The van der Waals surface area contributed by atoms with Crippen LogP contribution in [0.15, 0.2) is 36.4 Å². The van der Waals surface area contributed by atoms with Crippen molar-refractivity contribution in [2.24, 2.45) is 5.92 Å². The maximum Gasteiger partial charge on any atom is 0.229 e. The van der Waals surface area contributed by atoms with E-state index in [4.69, 9.17) is 0 Å². The monoisotopic (exact) mass is 336 g/mol. The Hall–Kier alpha value is -2.62. The average molecular weight is 336 g/mol. The van der Waals surface area contributed by atoms with Crippen LogP contribution in [0.1, 0.15) is 28.7 Å². The molecule has 1 N–H and O–H groups in total. The van der Waals surface area contributed by atoms with E-state index in [-0.39, 0.29) is 24.2 Å². The van der Waals surface area contributed by atoms with Crippen molar-refractivity contribution >= 4 is 23.2 Å². The lowest BCUT2D eigenvalue weighted by Gasteiger charge is -2.19. The Kier molecular flexibility index (Phi) is 4.62. The first-order valence-corrected chi connectivity index (χ1v) is 8.60. The molecule has 1 heterocycles. The van der Waals surface area contributed by atoms with E-state index in [0.717, 1.165) is 33.6 Å². The summed E-state index contributed by atoms with van der Waals surface area (Å²) < 4.78 is 0. The van der Waals surface area contributed by atoms with Gasteiger partial charge in [0.25, 0.3) is 0 Å². The number of rotatable bonds is 3. The van der Waals surface area contributed by atoms with Crippen molar-refractivity contribution in [1.29, 1.82) is 0 Å². The Morgan fingerprint density at radius 1 is 1.00 bits per heavy atom. The number of hydrogen-bond donors (Lipinski definition) is 1.